The topological polar surface area (TPSA) is 58.6 Å². The third-order valence-corrected chi connectivity index (χ3v) is 3.46. The number of carboxylic acids is 1. The van der Waals surface area contributed by atoms with Crippen LogP contribution in [0.25, 0.3) is 0 Å². The molecule has 4 nitrogen and oxygen atoms in total. The normalized spacial score (nSPS) is 10.3. The lowest BCUT2D eigenvalue weighted by atomic mass is 10.2. The van der Waals surface area contributed by atoms with E-state index in [1.807, 2.05) is 48.5 Å². The van der Waals surface area contributed by atoms with Crippen LogP contribution in [0, 0.1) is 0 Å². The first-order valence-electron chi connectivity index (χ1n) is 6.53. The van der Waals surface area contributed by atoms with Crippen molar-refractivity contribution in [1.29, 1.82) is 0 Å². The Hall–Kier alpha value is -1.85. The summed E-state index contributed by atoms with van der Waals surface area (Å²) in [5.41, 5.74) is 2.10. The number of hydrogen-bond acceptors (Lipinski definition) is 3. The summed E-state index contributed by atoms with van der Waals surface area (Å²) in [6.07, 6.45) is 0. The van der Waals surface area contributed by atoms with Gasteiger partial charge in [-0.1, -0.05) is 36.4 Å². The van der Waals surface area contributed by atoms with Crippen LogP contribution in [0.15, 0.2) is 53.0 Å². The summed E-state index contributed by atoms with van der Waals surface area (Å²) in [5.74, 6) is -0.0993. The summed E-state index contributed by atoms with van der Waals surface area (Å²) >= 11 is 3.47. The van der Waals surface area contributed by atoms with Crippen molar-refractivity contribution in [2.75, 3.05) is 6.54 Å². The molecule has 0 bridgehead atoms. The van der Waals surface area contributed by atoms with Crippen molar-refractivity contribution >= 4 is 21.9 Å². The van der Waals surface area contributed by atoms with Crippen LogP contribution >= 0.6 is 15.9 Å². The smallest absolute Gasteiger partial charge is 0.317 e. The second-order valence-corrected chi connectivity index (χ2v) is 5.39. The van der Waals surface area contributed by atoms with E-state index in [9.17, 15) is 4.79 Å². The lowest BCUT2D eigenvalue weighted by Crippen LogP contribution is -2.21. The van der Waals surface area contributed by atoms with Crippen molar-refractivity contribution in [2.45, 2.75) is 13.2 Å². The van der Waals surface area contributed by atoms with Crippen LogP contribution in [0.2, 0.25) is 0 Å². The number of rotatable bonds is 7. The second kappa shape index (κ2) is 7.81. The van der Waals surface area contributed by atoms with Crippen molar-refractivity contribution in [2.24, 2.45) is 0 Å². The van der Waals surface area contributed by atoms with Gasteiger partial charge in [0, 0.05) is 6.54 Å². The maximum absolute atomic E-state index is 10.4. The van der Waals surface area contributed by atoms with Crippen LogP contribution in [0.5, 0.6) is 5.75 Å². The minimum absolute atomic E-state index is 0.0517. The molecule has 0 radical (unpaired) electrons. The molecule has 2 N–H and O–H groups in total. The van der Waals surface area contributed by atoms with E-state index in [0.717, 1.165) is 21.3 Å². The highest BCUT2D eigenvalue weighted by molar-refractivity contribution is 9.10. The summed E-state index contributed by atoms with van der Waals surface area (Å²) in [6.45, 7) is 0.962. The Kier molecular flexibility index (Phi) is 5.78. The number of carbonyl (C=O) groups is 1. The molecule has 0 aliphatic rings. The predicted octanol–water partition coefficient (Wildman–Crippen LogP) is 3.20. The molecular formula is C16H16BrNO3. The van der Waals surface area contributed by atoms with Crippen LogP contribution in [-0.2, 0) is 17.9 Å². The molecule has 0 fully saturated rings. The average molecular weight is 350 g/mol. The molecule has 0 atom stereocenters. The average Bonchev–Trinajstić information content (AvgIpc) is 2.47. The number of carboxylic acid groups (broad SMARTS) is 1. The molecule has 0 aliphatic carbocycles. The second-order valence-electron chi connectivity index (χ2n) is 4.54. The van der Waals surface area contributed by atoms with E-state index >= 15 is 0 Å². The number of ether oxygens (including phenoxy) is 1. The molecule has 0 spiro atoms. The highest BCUT2D eigenvalue weighted by Crippen LogP contribution is 2.26. The number of benzene rings is 2. The standard InChI is InChI=1S/C16H16BrNO3/c17-14-8-13(9-18-10-16(19)20)6-7-15(14)21-11-12-4-2-1-3-5-12/h1-8,18H,9-11H2,(H,19,20). The number of aliphatic carboxylic acids is 1. The SMILES string of the molecule is O=C(O)CNCc1ccc(OCc2ccccc2)c(Br)c1. The van der Waals surface area contributed by atoms with Gasteiger partial charge in [0.1, 0.15) is 12.4 Å². The monoisotopic (exact) mass is 349 g/mol. The zero-order valence-electron chi connectivity index (χ0n) is 11.4. The van der Waals surface area contributed by atoms with Gasteiger partial charge >= 0.3 is 5.97 Å². The van der Waals surface area contributed by atoms with E-state index in [1.165, 1.54) is 0 Å². The van der Waals surface area contributed by atoms with E-state index in [-0.39, 0.29) is 6.54 Å². The van der Waals surface area contributed by atoms with Crippen molar-refractivity contribution < 1.29 is 14.6 Å². The molecular weight excluding hydrogens is 334 g/mol. The Labute approximate surface area is 131 Å². The minimum atomic E-state index is -0.864. The Balaban J connectivity index is 1.91. The minimum Gasteiger partial charge on any atom is -0.488 e. The molecule has 2 rings (SSSR count). The largest absolute Gasteiger partial charge is 0.488 e. The molecule has 0 amide bonds. The molecule has 21 heavy (non-hydrogen) atoms. The molecule has 0 saturated heterocycles. The molecule has 110 valence electrons. The van der Waals surface area contributed by atoms with E-state index in [2.05, 4.69) is 21.2 Å². The molecule has 0 aromatic heterocycles. The van der Waals surface area contributed by atoms with E-state index in [0.29, 0.717) is 13.2 Å². The molecule has 5 heteroatoms. The summed E-state index contributed by atoms with van der Waals surface area (Å²) in [4.78, 5) is 10.4. The van der Waals surface area contributed by atoms with Crippen molar-refractivity contribution in [3.63, 3.8) is 0 Å². The van der Waals surface area contributed by atoms with Crippen LogP contribution in [0.1, 0.15) is 11.1 Å². The fourth-order valence-electron chi connectivity index (χ4n) is 1.82. The fraction of sp³-hybridized carbons (Fsp3) is 0.188. The van der Waals surface area contributed by atoms with Gasteiger partial charge in [-0.25, -0.2) is 0 Å². The first-order valence-corrected chi connectivity index (χ1v) is 7.32. The summed E-state index contributed by atoms with van der Waals surface area (Å²) in [6, 6.07) is 15.7. The van der Waals surface area contributed by atoms with Crippen molar-refractivity contribution in [3.05, 3.63) is 64.1 Å². The van der Waals surface area contributed by atoms with Gasteiger partial charge in [0.25, 0.3) is 0 Å². The maximum atomic E-state index is 10.4. The molecule has 0 saturated carbocycles. The quantitative estimate of drug-likeness (QED) is 0.805. The molecule has 2 aromatic rings. The third kappa shape index (κ3) is 5.21. The molecule has 0 heterocycles. The van der Waals surface area contributed by atoms with E-state index in [1.54, 1.807) is 0 Å². The fourth-order valence-corrected chi connectivity index (χ4v) is 2.36. The lowest BCUT2D eigenvalue weighted by Gasteiger charge is -2.10. The number of hydrogen-bond donors (Lipinski definition) is 2. The predicted molar refractivity (Wildman–Crippen MR) is 84.3 cm³/mol. The Morgan fingerprint density at radius 2 is 1.90 bits per heavy atom. The summed E-state index contributed by atoms with van der Waals surface area (Å²) in [5, 5.41) is 11.4. The third-order valence-electron chi connectivity index (χ3n) is 2.84. The van der Waals surface area contributed by atoms with Crippen LogP contribution in [0.4, 0.5) is 0 Å². The zero-order chi connectivity index (χ0) is 15.1. The van der Waals surface area contributed by atoms with Gasteiger partial charge in [-0.05, 0) is 39.2 Å². The molecule has 0 unspecified atom stereocenters. The Bertz CT molecular complexity index is 602. The summed E-state index contributed by atoms with van der Waals surface area (Å²) < 4.78 is 6.61. The lowest BCUT2D eigenvalue weighted by molar-refractivity contribution is -0.135. The van der Waals surface area contributed by atoms with E-state index in [4.69, 9.17) is 9.84 Å². The van der Waals surface area contributed by atoms with Crippen molar-refractivity contribution in [1.82, 2.24) is 5.32 Å². The van der Waals surface area contributed by atoms with Crippen LogP contribution in [-0.4, -0.2) is 17.6 Å². The Morgan fingerprint density at radius 3 is 2.57 bits per heavy atom. The number of halogens is 1. The highest BCUT2D eigenvalue weighted by Gasteiger charge is 2.04. The maximum Gasteiger partial charge on any atom is 0.317 e. The number of nitrogens with one attached hydrogen (secondary N) is 1. The van der Waals surface area contributed by atoms with Crippen LogP contribution in [0.3, 0.4) is 0 Å². The van der Waals surface area contributed by atoms with Gasteiger partial charge in [-0.2, -0.15) is 0 Å². The first kappa shape index (κ1) is 15.5. The first-order chi connectivity index (χ1) is 10.1. The van der Waals surface area contributed by atoms with Gasteiger partial charge in [0.15, 0.2) is 0 Å². The zero-order valence-corrected chi connectivity index (χ0v) is 13.0. The van der Waals surface area contributed by atoms with Crippen molar-refractivity contribution in [3.8, 4) is 5.75 Å². The highest BCUT2D eigenvalue weighted by atomic mass is 79.9. The van der Waals surface area contributed by atoms with Gasteiger partial charge in [-0.15, -0.1) is 0 Å². The van der Waals surface area contributed by atoms with Gasteiger partial charge in [0.2, 0.25) is 0 Å². The summed E-state index contributed by atoms with van der Waals surface area (Å²) in [7, 11) is 0. The van der Waals surface area contributed by atoms with Gasteiger partial charge in [0.05, 0.1) is 11.0 Å². The van der Waals surface area contributed by atoms with E-state index < -0.39 is 5.97 Å². The molecule has 2 aromatic carbocycles. The Morgan fingerprint density at radius 1 is 1.14 bits per heavy atom. The van der Waals surface area contributed by atoms with Gasteiger partial charge < -0.3 is 15.2 Å². The molecule has 0 aliphatic heterocycles. The van der Waals surface area contributed by atoms with Crippen LogP contribution < -0.4 is 10.1 Å². The van der Waals surface area contributed by atoms with Gasteiger partial charge in [-0.3, -0.25) is 4.79 Å².